The van der Waals surface area contributed by atoms with Gasteiger partial charge in [0.15, 0.2) is 0 Å². The van der Waals surface area contributed by atoms with Crippen LogP contribution in [0.5, 0.6) is 5.75 Å². The van der Waals surface area contributed by atoms with E-state index < -0.39 is 0 Å². The second-order valence-electron chi connectivity index (χ2n) is 4.52. The van der Waals surface area contributed by atoms with Crippen molar-refractivity contribution in [2.24, 2.45) is 0 Å². The maximum Gasteiger partial charge on any atom is 0.144 e. The van der Waals surface area contributed by atoms with Crippen LogP contribution in [-0.2, 0) is 4.74 Å². The number of methoxy groups -OCH3 is 1. The highest BCUT2D eigenvalue weighted by Gasteiger charge is 2.22. The summed E-state index contributed by atoms with van der Waals surface area (Å²) in [6.07, 6.45) is 5.04. The summed E-state index contributed by atoms with van der Waals surface area (Å²) in [6.45, 7) is 3.68. The Morgan fingerprint density at radius 2 is 2.41 bits per heavy atom. The van der Waals surface area contributed by atoms with Crippen LogP contribution in [0.15, 0.2) is 18.5 Å². The summed E-state index contributed by atoms with van der Waals surface area (Å²) in [5.41, 5.74) is 2.20. The lowest BCUT2D eigenvalue weighted by atomic mass is 10.1. The lowest BCUT2D eigenvalue weighted by Crippen LogP contribution is -2.04. The third kappa shape index (κ3) is 1.69. The zero-order valence-corrected chi connectivity index (χ0v) is 10.1. The van der Waals surface area contributed by atoms with E-state index in [0.717, 1.165) is 36.7 Å². The number of pyridine rings is 1. The van der Waals surface area contributed by atoms with E-state index in [1.54, 1.807) is 7.11 Å². The molecule has 0 radical (unpaired) electrons. The first-order valence-electron chi connectivity index (χ1n) is 5.89. The molecule has 0 aliphatic carbocycles. The van der Waals surface area contributed by atoms with Crippen LogP contribution in [0.3, 0.4) is 0 Å². The van der Waals surface area contributed by atoms with E-state index in [0.29, 0.717) is 5.92 Å². The Hall–Kier alpha value is -1.55. The van der Waals surface area contributed by atoms with E-state index in [2.05, 4.69) is 22.5 Å². The summed E-state index contributed by atoms with van der Waals surface area (Å²) in [4.78, 5) is 4.53. The van der Waals surface area contributed by atoms with E-state index in [4.69, 9.17) is 9.47 Å². The number of aryl methyl sites for hydroxylation is 1. The van der Waals surface area contributed by atoms with Crippen LogP contribution in [-0.4, -0.2) is 29.7 Å². The van der Waals surface area contributed by atoms with Gasteiger partial charge >= 0.3 is 0 Å². The highest BCUT2D eigenvalue weighted by atomic mass is 16.5. The van der Waals surface area contributed by atoms with Gasteiger partial charge in [0.2, 0.25) is 0 Å². The molecule has 3 rings (SSSR count). The molecular weight excluding hydrogens is 216 g/mol. The topological polar surface area (TPSA) is 35.8 Å². The number of rotatable bonds is 2. The summed E-state index contributed by atoms with van der Waals surface area (Å²) < 4.78 is 13.0. The molecular formula is C13H16N2O2. The number of ether oxygens (including phenoxy) is 2. The summed E-state index contributed by atoms with van der Waals surface area (Å²) in [5.74, 6) is 2.37. The highest BCUT2D eigenvalue weighted by Crippen LogP contribution is 2.29. The molecule has 1 saturated heterocycles. The summed E-state index contributed by atoms with van der Waals surface area (Å²) in [5, 5.41) is 0. The van der Waals surface area contributed by atoms with E-state index in [9.17, 15) is 0 Å². The SMILES string of the molecule is COc1cc(C)cn2c(C3CCOC3)ncc12. The summed E-state index contributed by atoms with van der Waals surface area (Å²) in [7, 11) is 1.69. The van der Waals surface area contributed by atoms with Gasteiger partial charge in [0.25, 0.3) is 0 Å². The highest BCUT2D eigenvalue weighted by molar-refractivity contribution is 5.60. The normalized spacial score (nSPS) is 20.0. The number of fused-ring (bicyclic) bond motifs is 1. The minimum absolute atomic E-state index is 0.406. The number of hydrogen-bond donors (Lipinski definition) is 0. The lowest BCUT2D eigenvalue weighted by Gasteiger charge is -2.09. The van der Waals surface area contributed by atoms with Crippen molar-refractivity contribution in [3.8, 4) is 5.75 Å². The van der Waals surface area contributed by atoms with Crippen LogP contribution in [0, 0.1) is 6.92 Å². The van der Waals surface area contributed by atoms with Crippen molar-refractivity contribution in [2.45, 2.75) is 19.3 Å². The minimum Gasteiger partial charge on any atom is -0.494 e. The average molecular weight is 232 g/mol. The Morgan fingerprint density at radius 1 is 1.53 bits per heavy atom. The van der Waals surface area contributed by atoms with Crippen molar-refractivity contribution < 1.29 is 9.47 Å². The van der Waals surface area contributed by atoms with Crippen LogP contribution in [0.1, 0.15) is 23.7 Å². The molecule has 1 atom stereocenters. The number of aromatic nitrogens is 2. The molecule has 2 aromatic rings. The average Bonchev–Trinajstić information content (AvgIpc) is 2.94. The molecule has 17 heavy (non-hydrogen) atoms. The molecule has 2 aromatic heterocycles. The first-order chi connectivity index (χ1) is 8.29. The molecule has 1 aliphatic rings. The van der Waals surface area contributed by atoms with Crippen LogP contribution in [0.25, 0.3) is 5.52 Å². The maximum atomic E-state index is 5.43. The Labute approximate surface area is 100 Å². The van der Waals surface area contributed by atoms with Crippen LogP contribution >= 0.6 is 0 Å². The number of hydrogen-bond acceptors (Lipinski definition) is 3. The molecule has 0 spiro atoms. The van der Waals surface area contributed by atoms with Gasteiger partial charge in [-0.3, -0.25) is 4.40 Å². The van der Waals surface area contributed by atoms with Crippen molar-refractivity contribution in [2.75, 3.05) is 20.3 Å². The van der Waals surface area contributed by atoms with E-state index in [1.807, 2.05) is 12.3 Å². The molecule has 4 heteroatoms. The van der Waals surface area contributed by atoms with Crippen molar-refractivity contribution >= 4 is 5.52 Å². The molecule has 0 bridgehead atoms. The Kier molecular flexibility index (Phi) is 2.52. The molecule has 1 unspecified atom stereocenters. The number of imidazole rings is 1. The Balaban J connectivity index is 2.17. The van der Waals surface area contributed by atoms with Gasteiger partial charge in [-0.1, -0.05) is 0 Å². The lowest BCUT2D eigenvalue weighted by molar-refractivity contribution is 0.193. The third-order valence-corrected chi connectivity index (χ3v) is 3.28. The zero-order valence-electron chi connectivity index (χ0n) is 10.1. The fraction of sp³-hybridized carbons (Fsp3) is 0.462. The monoisotopic (exact) mass is 232 g/mol. The predicted molar refractivity (Wildman–Crippen MR) is 64.7 cm³/mol. The fourth-order valence-electron chi connectivity index (χ4n) is 2.42. The van der Waals surface area contributed by atoms with Gasteiger partial charge in [0.05, 0.1) is 19.9 Å². The second-order valence-corrected chi connectivity index (χ2v) is 4.52. The molecule has 0 aromatic carbocycles. The van der Waals surface area contributed by atoms with E-state index >= 15 is 0 Å². The van der Waals surface area contributed by atoms with Crippen molar-refractivity contribution in [1.29, 1.82) is 0 Å². The van der Waals surface area contributed by atoms with Gasteiger partial charge in [-0.05, 0) is 25.0 Å². The maximum absolute atomic E-state index is 5.43. The number of nitrogens with zero attached hydrogens (tertiary/aromatic N) is 2. The largest absolute Gasteiger partial charge is 0.494 e. The molecule has 90 valence electrons. The van der Waals surface area contributed by atoms with Gasteiger partial charge in [0, 0.05) is 18.7 Å². The second kappa shape index (κ2) is 4.04. The third-order valence-electron chi connectivity index (χ3n) is 3.28. The van der Waals surface area contributed by atoms with Crippen LogP contribution in [0.4, 0.5) is 0 Å². The molecule has 4 nitrogen and oxygen atoms in total. The summed E-state index contributed by atoms with van der Waals surface area (Å²) >= 11 is 0. The quantitative estimate of drug-likeness (QED) is 0.796. The van der Waals surface area contributed by atoms with Gasteiger partial charge in [0.1, 0.15) is 17.1 Å². The fourth-order valence-corrected chi connectivity index (χ4v) is 2.42. The van der Waals surface area contributed by atoms with Crippen molar-refractivity contribution in [3.05, 3.63) is 29.8 Å². The van der Waals surface area contributed by atoms with Crippen molar-refractivity contribution in [1.82, 2.24) is 9.38 Å². The zero-order chi connectivity index (χ0) is 11.8. The predicted octanol–water partition coefficient (Wildman–Crippen LogP) is 2.16. The molecule has 1 aliphatic heterocycles. The Morgan fingerprint density at radius 3 is 3.12 bits per heavy atom. The van der Waals surface area contributed by atoms with Crippen LogP contribution in [0.2, 0.25) is 0 Å². The minimum atomic E-state index is 0.406. The van der Waals surface area contributed by atoms with E-state index in [1.165, 1.54) is 5.56 Å². The Bertz CT molecular complexity index is 542. The molecule has 0 N–H and O–H groups in total. The first-order valence-corrected chi connectivity index (χ1v) is 5.89. The van der Waals surface area contributed by atoms with Gasteiger partial charge in [-0.15, -0.1) is 0 Å². The summed E-state index contributed by atoms with van der Waals surface area (Å²) in [6, 6.07) is 2.03. The molecule has 0 amide bonds. The van der Waals surface area contributed by atoms with E-state index in [-0.39, 0.29) is 0 Å². The van der Waals surface area contributed by atoms with Crippen molar-refractivity contribution in [3.63, 3.8) is 0 Å². The standard InChI is InChI=1S/C13H16N2O2/c1-9-5-12(16-2)11-6-14-13(15(11)7-9)10-3-4-17-8-10/h5-7,10H,3-4,8H2,1-2H3. The molecule has 1 fully saturated rings. The molecule has 3 heterocycles. The molecule has 0 saturated carbocycles. The van der Waals surface area contributed by atoms with Gasteiger partial charge in [-0.2, -0.15) is 0 Å². The van der Waals surface area contributed by atoms with Crippen LogP contribution < -0.4 is 4.74 Å². The van der Waals surface area contributed by atoms with Gasteiger partial charge in [-0.25, -0.2) is 4.98 Å². The first kappa shape index (κ1) is 10.6. The smallest absolute Gasteiger partial charge is 0.144 e. The van der Waals surface area contributed by atoms with Gasteiger partial charge < -0.3 is 9.47 Å².